The van der Waals surface area contributed by atoms with Gasteiger partial charge in [0, 0.05) is 12.5 Å². The molecule has 1 fully saturated rings. The van der Waals surface area contributed by atoms with E-state index < -0.39 is 0 Å². The molecule has 1 N–H and O–H groups in total. The van der Waals surface area contributed by atoms with Crippen LogP contribution in [0.15, 0.2) is 0 Å². The number of hydrogen-bond donors (Lipinski definition) is 1. The van der Waals surface area contributed by atoms with E-state index in [1.165, 1.54) is 0 Å². The van der Waals surface area contributed by atoms with Crippen molar-refractivity contribution < 1.29 is 4.79 Å². The van der Waals surface area contributed by atoms with E-state index in [-0.39, 0.29) is 17.2 Å². The van der Waals surface area contributed by atoms with E-state index >= 15 is 0 Å². The van der Waals surface area contributed by atoms with Crippen LogP contribution < -0.4 is 5.32 Å². The zero-order chi connectivity index (χ0) is 8.48. The molecule has 0 spiro atoms. The lowest BCUT2D eigenvalue weighted by molar-refractivity contribution is -0.123. The lowest BCUT2D eigenvalue weighted by atomic mass is 9.77. The molecule has 0 saturated carbocycles. The SMILES string of the molecule is CCCC1(C)CNC(=O)C1C. The number of amides is 1. The smallest absolute Gasteiger partial charge is 0.223 e. The van der Waals surface area contributed by atoms with E-state index in [0.29, 0.717) is 0 Å². The summed E-state index contributed by atoms with van der Waals surface area (Å²) in [6.45, 7) is 7.25. The minimum Gasteiger partial charge on any atom is -0.355 e. The molecule has 1 aliphatic rings. The van der Waals surface area contributed by atoms with Crippen LogP contribution in [0.3, 0.4) is 0 Å². The Balaban J connectivity index is 2.64. The maximum atomic E-state index is 11.2. The summed E-state index contributed by atoms with van der Waals surface area (Å²) in [5.41, 5.74) is 0.214. The summed E-state index contributed by atoms with van der Waals surface area (Å²) in [6, 6.07) is 0. The highest BCUT2D eigenvalue weighted by Gasteiger charge is 2.40. The number of carbonyl (C=O) groups is 1. The molecule has 1 saturated heterocycles. The van der Waals surface area contributed by atoms with Gasteiger partial charge in [-0.3, -0.25) is 4.79 Å². The summed E-state index contributed by atoms with van der Waals surface area (Å²) >= 11 is 0. The molecule has 1 amide bonds. The highest BCUT2D eigenvalue weighted by atomic mass is 16.2. The molecule has 11 heavy (non-hydrogen) atoms. The monoisotopic (exact) mass is 155 g/mol. The van der Waals surface area contributed by atoms with Gasteiger partial charge in [-0.1, -0.05) is 27.2 Å². The van der Waals surface area contributed by atoms with Gasteiger partial charge in [-0.2, -0.15) is 0 Å². The second kappa shape index (κ2) is 2.84. The molecule has 0 aromatic rings. The normalized spacial score (nSPS) is 37.4. The zero-order valence-electron chi connectivity index (χ0n) is 7.61. The van der Waals surface area contributed by atoms with Gasteiger partial charge < -0.3 is 5.32 Å². The van der Waals surface area contributed by atoms with Crippen molar-refractivity contribution in [3.05, 3.63) is 0 Å². The van der Waals surface area contributed by atoms with Crippen LogP contribution in [-0.2, 0) is 4.79 Å². The van der Waals surface area contributed by atoms with Gasteiger partial charge in [0.1, 0.15) is 0 Å². The molecule has 1 aliphatic heterocycles. The average Bonchev–Trinajstić information content (AvgIpc) is 2.19. The van der Waals surface area contributed by atoms with Gasteiger partial charge >= 0.3 is 0 Å². The summed E-state index contributed by atoms with van der Waals surface area (Å²) in [4.78, 5) is 11.2. The third-order valence-electron chi connectivity index (χ3n) is 2.93. The summed E-state index contributed by atoms with van der Waals surface area (Å²) in [7, 11) is 0. The molecule has 0 aliphatic carbocycles. The fourth-order valence-electron chi connectivity index (χ4n) is 1.79. The van der Waals surface area contributed by atoms with Crippen LogP contribution in [0.1, 0.15) is 33.6 Å². The standard InChI is InChI=1S/C9H17NO/c1-4-5-9(3)6-10-8(11)7(9)2/h7H,4-6H2,1-3H3,(H,10,11). The first-order chi connectivity index (χ1) is 5.10. The molecule has 0 bridgehead atoms. The fourth-order valence-corrected chi connectivity index (χ4v) is 1.79. The fraction of sp³-hybridized carbons (Fsp3) is 0.889. The minimum absolute atomic E-state index is 0.197. The summed E-state index contributed by atoms with van der Waals surface area (Å²) in [6.07, 6.45) is 2.31. The van der Waals surface area contributed by atoms with Crippen LogP contribution in [0, 0.1) is 11.3 Å². The van der Waals surface area contributed by atoms with Crippen molar-refractivity contribution in [1.29, 1.82) is 0 Å². The molecule has 1 rings (SSSR count). The first kappa shape index (κ1) is 8.57. The Morgan fingerprint density at radius 1 is 1.73 bits per heavy atom. The van der Waals surface area contributed by atoms with Gasteiger partial charge in [0.2, 0.25) is 5.91 Å². The van der Waals surface area contributed by atoms with Gasteiger partial charge in [0.25, 0.3) is 0 Å². The molecule has 2 unspecified atom stereocenters. The van der Waals surface area contributed by atoms with Crippen molar-refractivity contribution in [2.24, 2.45) is 11.3 Å². The van der Waals surface area contributed by atoms with Crippen molar-refractivity contribution in [1.82, 2.24) is 5.32 Å². The van der Waals surface area contributed by atoms with Gasteiger partial charge in [-0.15, -0.1) is 0 Å². The van der Waals surface area contributed by atoms with Gasteiger partial charge in [0.05, 0.1) is 0 Å². The Labute approximate surface area is 68.4 Å². The molecule has 1 heterocycles. The first-order valence-corrected chi connectivity index (χ1v) is 4.38. The summed E-state index contributed by atoms with van der Waals surface area (Å²) < 4.78 is 0. The number of hydrogen-bond acceptors (Lipinski definition) is 1. The van der Waals surface area contributed by atoms with Gasteiger partial charge in [-0.05, 0) is 11.8 Å². The molecule has 2 heteroatoms. The number of carbonyl (C=O) groups excluding carboxylic acids is 1. The van der Waals surface area contributed by atoms with E-state index in [9.17, 15) is 4.79 Å². The van der Waals surface area contributed by atoms with E-state index in [1.54, 1.807) is 0 Å². The highest BCUT2D eigenvalue weighted by Crippen LogP contribution is 2.35. The molecule has 0 radical (unpaired) electrons. The van der Waals surface area contributed by atoms with Crippen LogP contribution in [0.25, 0.3) is 0 Å². The van der Waals surface area contributed by atoms with Crippen molar-refractivity contribution in [2.45, 2.75) is 33.6 Å². The van der Waals surface area contributed by atoms with E-state index in [4.69, 9.17) is 0 Å². The van der Waals surface area contributed by atoms with Crippen molar-refractivity contribution in [3.63, 3.8) is 0 Å². The summed E-state index contributed by atoms with van der Waals surface area (Å²) in [5.74, 6) is 0.420. The molecule has 64 valence electrons. The quantitative estimate of drug-likeness (QED) is 0.644. The van der Waals surface area contributed by atoms with E-state index in [0.717, 1.165) is 19.4 Å². The number of rotatable bonds is 2. The van der Waals surface area contributed by atoms with Crippen LogP contribution >= 0.6 is 0 Å². The van der Waals surface area contributed by atoms with Crippen LogP contribution in [0.5, 0.6) is 0 Å². The van der Waals surface area contributed by atoms with Crippen molar-refractivity contribution in [2.75, 3.05) is 6.54 Å². The maximum Gasteiger partial charge on any atom is 0.223 e. The predicted molar refractivity (Wildman–Crippen MR) is 45.2 cm³/mol. The Morgan fingerprint density at radius 2 is 2.36 bits per heavy atom. The van der Waals surface area contributed by atoms with Crippen molar-refractivity contribution in [3.8, 4) is 0 Å². The second-order valence-electron chi connectivity index (χ2n) is 3.84. The average molecular weight is 155 g/mol. The van der Waals surface area contributed by atoms with Crippen molar-refractivity contribution >= 4 is 5.91 Å². The van der Waals surface area contributed by atoms with Crippen LogP contribution in [0.4, 0.5) is 0 Å². The molecule has 2 nitrogen and oxygen atoms in total. The lowest BCUT2D eigenvalue weighted by Gasteiger charge is -2.25. The van der Waals surface area contributed by atoms with Gasteiger partial charge in [0.15, 0.2) is 0 Å². The molecular weight excluding hydrogens is 138 g/mol. The Bertz CT molecular complexity index is 167. The largest absolute Gasteiger partial charge is 0.355 e. The van der Waals surface area contributed by atoms with E-state index in [1.807, 2.05) is 6.92 Å². The zero-order valence-corrected chi connectivity index (χ0v) is 7.61. The molecule has 2 atom stereocenters. The lowest BCUT2D eigenvalue weighted by Crippen LogP contribution is -2.24. The topological polar surface area (TPSA) is 29.1 Å². The maximum absolute atomic E-state index is 11.2. The third kappa shape index (κ3) is 1.39. The Morgan fingerprint density at radius 3 is 2.73 bits per heavy atom. The number of nitrogens with one attached hydrogen (secondary N) is 1. The highest BCUT2D eigenvalue weighted by molar-refractivity contribution is 5.81. The van der Waals surface area contributed by atoms with Gasteiger partial charge in [-0.25, -0.2) is 0 Å². The van der Waals surface area contributed by atoms with Crippen LogP contribution in [-0.4, -0.2) is 12.5 Å². The third-order valence-corrected chi connectivity index (χ3v) is 2.93. The summed E-state index contributed by atoms with van der Waals surface area (Å²) in [5, 5.41) is 2.91. The predicted octanol–water partition coefficient (Wildman–Crippen LogP) is 1.56. The molecule has 0 aromatic heterocycles. The first-order valence-electron chi connectivity index (χ1n) is 4.38. The Hall–Kier alpha value is -0.530. The van der Waals surface area contributed by atoms with Crippen LogP contribution in [0.2, 0.25) is 0 Å². The second-order valence-corrected chi connectivity index (χ2v) is 3.84. The molecule has 0 aromatic carbocycles. The van der Waals surface area contributed by atoms with E-state index in [2.05, 4.69) is 19.2 Å². The minimum atomic E-state index is 0.197. The Kier molecular flexibility index (Phi) is 2.21. The molecular formula is C9H17NO.